The van der Waals surface area contributed by atoms with Gasteiger partial charge in [0.05, 0.1) is 38.3 Å². The summed E-state index contributed by atoms with van der Waals surface area (Å²) in [5.74, 6) is 0.303. The van der Waals surface area contributed by atoms with Crippen molar-refractivity contribution in [1.29, 1.82) is 0 Å². The standard InChI is InChI=1S/C23H26N4O2S/c1-17-6-8-18(9-7-17)24-22(29)14-23-25-19(16-30-23)15-26-10-12-27(13-11-26)20-4-2-3-5-21(20)28/h2-9,16,28H,10-15H2,1H3,(H,24,29)/p+1. The second-order valence-electron chi connectivity index (χ2n) is 7.73. The van der Waals surface area contributed by atoms with E-state index in [9.17, 15) is 9.90 Å². The molecule has 1 saturated heterocycles. The van der Waals surface area contributed by atoms with Gasteiger partial charge in [0.15, 0.2) is 0 Å². The van der Waals surface area contributed by atoms with Crippen molar-refractivity contribution in [3.8, 4) is 5.75 Å². The Hall–Kier alpha value is -2.90. The normalized spacial score (nSPS) is 14.6. The van der Waals surface area contributed by atoms with Crippen molar-refractivity contribution < 1.29 is 14.8 Å². The summed E-state index contributed by atoms with van der Waals surface area (Å²) in [6.07, 6.45) is 0.301. The molecule has 0 atom stereocenters. The van der Waals surface area contributed by atoms with E-state index in [0.717, 1.165) is 54.8 Å². The summed E-state index contributed by atoms with van der Waals surface area (Å²) in [7, 11) is 0. The second kappa shape index (κ2) is 9.28. The van der Waals surface area contributed by atoms with Crippen LogP contribution in [-0.2, 0) is 17.8 Å². The Kier molecular flexibility index (Phi) is 6.30. The monoisotopic (exact) mass is 423 g/mol. The Balaban J connectivity index is 1.26. The first-order chi connectivity index (χ1) is 14.6. The number of nitrogens with zero attached hydrogens (tertiary/aromatic N) is 2. The lowest BCUT2D eigenvalue weighted by molar-refractivity contribution is -0.914. The van der Waals surface area contributed by atoms with Gasteiger partial charge in [0.25, 0.3) is 0 Å². The van der Waals surface area contributed by atoms with Crippen LogP contribution in [0.2, 0.25) is 0 Å². The van der Waals surface area contributed by atoms with E-state index < -0.39 is 0 Å². The molecule has 0 saturated carbocycles. The van der Waals surface area contributed by atoms with Gasteiger partial charge < -0.3 is 20.2 Å². The zero-order chi connectivity index (χ0) is 20.9. The highest BCUT2D eigenvalue weighted by molar-refractivity contribution is 7.09. The molecule has 1 amide bonds. The molecule has 0 spiro atoms. The molecule has 1 fully saturated rings. The number of amides is 1. The van der Waals surface area contributed by atoms with Crippen LogP contribution in [0.25, 0.3) is 0 Å². The molecule has 0 bridgehead atoms. The second-order valence-corrected chi connectivity index (χ2v) is 8.67. The van der Waals surface area contributed by atoms with E-state index in [4.69, 9.17) is 0 Å². The fourth-order valence-electron chi connectivity index (χ4n) is 3.72. The minimum absolute atomic E-state index is 0.0385. The third kappa shape index (κ3) is 5.17. The van der Waals surface area contributed by atoms with Crippen LogP contribution in [0.5, 0.6) is 5.75 Å². The number of benzene rings is 2. The molecule has 6 nitrogen and oxygen atoms in total. The quantitative estimate of drug-likeness (QED) is 0.569. The molecule has 4 rings (SSSR count). The molecule has 1 aliphatic rings. The van der Waals surface area contributed by atoms with E-state index in [1.54, 1.807) is 17.4 Å². The van der Waals surface area contributed by atoms with Gasteiger partial charge in [0.2, 0.25) is 5.91 Å². The number of hydrogen-bond acceptors (Lipinski definition) is 5. The number of hydrogen-bond donors (Lipinski definition) is 3. The highest BCUT2D eigenvalue weighted by atomic mass is 32.1. The Morgan fingerprint density at radius 1 is 1.17 bits per heavy atom. The molecule has 3 aromatic rings. The predicted octanol–water partition coefficient (Wildman–Crippen LogP) is 2.24. The first-order valence-electron chi connectivity index (χ1n) is 10.2. The number of aryl methyl sites for hydroxylation is 1. The third-order valence-electron chi connectivity index (χ3n) is 5.37. The first kappa shape index (κ1) is 20.4. The number of piperazine rings is 1. The smallest absolute Gasteiger partial charge is 0.231 e. The predicted molar refractivity (Wildman–Crippen MR) is 120 cm³/mol. The SMILES string of the molecule is Cc1ccc(NC(=O)Cc2nc(C[NH+]3CCN(c4ccccc4O)CC3)cs2)cc1. The number of quaternary nitrogens is 1. The molecule has 0 unspecified atom stereocenters. The number of carbonyl (C=O) groups is 1. The Morgan fingerprint density at radius 2 is 1.90 bits per heavy atom. The summed E-state index contributed by atoms with van der Waals surface area (Å²) >= 11 is 1.55. The maximum absolute atomic E-state index is 12.3. The van der Waals surface area contributed by atoms with Crippen molar-refractivity contribution in [2.75, 3.05) is 36.4 Å². The lowest BCUT2D eigenvalue weighted by atomic mass is 10.2. The van der Waals surface area contributed by atoms with E-state index in [1.165, 1.54) is 10.5 Å². The van der Waals surface area contributed by atoms with E-state index in [-0.39, 0.29) is 5.91 Å². The topological polar surface area (TPSA) is 69.9 Å². The van der Waals surface area contributed by atoms with Gasteiger partial charge in [-0.2, -0.15) is 0 Å². The van der Waals surface area contributed by atoms with Gasteiger partial charge in [-0.25, -0.2) is 4.98 Å². The first-order valence-corrected chi connectivity index (χ1v) is 11.1. The molecule has 7 heteroatoms. The van der Waals surface area contributed by atoms with Gasteiger partial charge in [0, 0.05) is 11.1 Å². The summed E-state index contributed by atoms with van der Waals surface area (Å²) < 4.78 is 0. The Morgan fingerprint density at radius 3 is 2.63 bits per heavy atom. The number of carbonyl (C=O) groups excluding carboxylic acids is 1. The van der Waals surface area contributed by atoms with Crippen LogP contribution in [0.15, 0.2) is 53.9 Å². The maximum Gasteiger partial charge on any atom is 0.231 e. The molecular formula is C23H27N4O2S+. The van der Waals surface area contributed by atoms with Crippen LogP contribution in [-0.4, -0.2) is 42.2 Å². The van der Waals surface area contributed by atoms with Gasteiger partial charge in [-0.05, 0) is 31.2 Å². The number of nitrogens with one attached hydrogen (secondary N) is 2. The van der Waals surface area contributed by atoms with Crippen molar-refractivity contribution >= 4 is 28.6 Å². The van der Waals surface area contributed by atoms with Gasteiger partial charge in [-0.15, -0.1) is 11.3 Å². The van der Waals surface area contributed by atoms with Crippen LogP contribution < -0.4 is 15.1 Å². The van der Waals surface area contributed by atoms with Crippen molar-refractivity contribution in [3.63, 3.8) is 0 Å². The van der Waals surface area contributed by atoms with Gasteiger partial charge in [0.1, 0.15) is 23.0 Å². The van der Waals surface area contributed by atoms with Gasteiger partial charge in [-0.3, -0.25) is 4.79 Å². The minimum atomic E-state index is -0.0385. The fourth-order valence-corrected chi connectivity index (χ4v) is 4.51. The van der Waals surface area contributed by atoms with Crippen molar-refractivity contribution in [2.24, 2.45) is 0 Å². The van der Waals surface area contributed by atoms with Gasteiger partial charge in [-0.1, -0.05) is 29.8 Å². The average molecular weight is 424 g/mol. The Labute approximate surface area is 180 Å². The molecule has 1 aliphatic heterocycles. The average Bonchev–Trinajstić information content (AvgIpc) is 3.17. The molecule has 2 heterocycles. The largest absolute Gasteiger partial charge is 0.506 e. The summed E-state index contributed by atoms with van der Waals surface area (Å²) in [5.41, 5.74) is 3.94. The summed E-state index contributed by atoms with van der Waals surface area (Å²) in [4.78, 5) is 20.7. The number of aromatic hydroxyl groups is 1. The van der Waals surface area contributed by atoms with Crippen LogP contribution >= 0.6 is 11.3 Å². The lowest BCUT2D eigenvalue weighted by Gasteiger charge is -2.33. The van der Waals surface area contributed by atoms with E-state index >= 15 is 0 Å². The number of rotatable bonds is 6. The number of phenolic OH excluding ortho intramolecular Hbond substituents is 1. The van der Waals surface area contributed by atoms with E-state index in [2.05, 4.69) is 20.6 Å². The molecule has 30 heavy (non-hydrogen) atoms. The number of para-hydroxylation sites is 2. The highest BCUT2D eigenvalue weighted by Gasteiger charge is 2.22. The molecule has 2 aromatic carbocycles. The number of phenols is 1. The molecule has 1 aromatic heterocycles. The Bertz CT molecular complexity index is 994. The van der Waals surface area contributed by atoms with Crippen molar-refractivity contribution in [2.45, 2.75) is 19.9 Å². The van der Waals surface area contributed by atoms with Crippen LogP contribution in [0.3, 0.4) is 0 Å². The van der Waals surface area contributed by atoms with Crippen LogP contribution in [0.4, 0.5) is 11.4 Å². The molecular weight excluding hydrogens is 396 g/mol. The summed E-state index contributed by atoms with van der Waals surface area (Å²) in [6.45, 7) is 6.69. The van der Waals surface area contributed by atoms with E-state index in [0.29, 0.717) is 12.2 Å². The highest BCUT2D eigenvalue weighted by Crippen LogP contribution is 2.26. The van der Waals surface area contributed by atoms with Crippen molar-refractivity contribution in [1.82, 2.24) is 4.98 Å². The van der Waals surface area contributed by atoms with Crippen LogP contribution in [0.1, 0.15) is 16.3 Å². The maximum atomic E-state index is 12.3. The van der Waals surface area contributed by atoms with E-state index in [1.807, 2.05) is 49.4 Å². The zero-order valence-corrected chi connectivity index (χ0v) is 17.9. The summed E-state index contributed by atoms with van der Waals surface area (Å²) in [6, 6.07) is 15.3. The zero-order valence-electron chi connectivity index (χ0n) is 17.1. The molecule has 0 aliphatic carbocycles. The minimum Gasteiger partial charge on any atom is -0.506 e. The number of aromatic nitrogens is 1. The van der Waals surface area contributed by atoms with Crippen LogP contribution in [0, 0.1) is 6.92 Å². The fraction of sp³-hybridized carbons (Fsp3) is 0.304. The molecule has 156 valence electrons. The number of anilines is 2. The molecule has 3 N–H and O–H groups in total. The molecule has 0 radical (unpaired) electrons. The van der Waals surface area contributed by atoms with Crippen molar-refractivity contribution in [3.05, 3.63) is 70.2 Å². The third-order valence-corrected chi connectivity index (χ3v) is 6.27. The van der Waals surface area contributed by atoms with Gasteiger partial charge >= 0.3 is 0 Å². The number of thiazole rings is 1. The summed E-state index contributed by atoms with van der Waals surface area (Å²) in [5, 5.41) is 15.9. The lowest BCUT2D eigenvalue weighted by Crippen LogP contribution is -3.13.